The van der Waals surface area contributed by atoms with Gasteiger partial charge in [0.25, 0.3) is 0 Å². The summed E-state index contributed by atoms with van der Waals surface area (Å²) >= 11 is 0. The first-order chi connectivity index (χ1) is 9.11. The number of ether oxygens (including phenoxy) is 2. The Balaban J connectivity index is 2.98. The Hall–Kier alpha value is -1.51. The van der Waals surface area contributed by atoms with Crippen molar-refractivity contribution in [2.45, 2.75) is 46.5 Å². The Labute approximate surface area is 115 Å². The van der Waals surface area contributed by atoms with E-state index in [4.69, 9.17) is 9.47 Å². The number of hydrogen-bond acceptors (Lipinski definition) is 3. The summed E-state index contributed by atoms with van der Waals surface area (Å²) in [5, 5.41) is 0. The average Bonchev–Trinajstić information content (AvgIpc) is 2.39. The lowest BCUT2D eigenvalue weighted by molar-refractivity contribution is 0.0495. The molecule has 19 heavy (non-hydrogen) atoms. The van der Waals surface area contributed by atoms with Crippen molar-refractivity contribution in [3.05, 3.63) is 29.3 Å². The van der Waals surface area contributed by atoms with Crippen LogP contribution in [0, 0.1) is 0 Å². The van der Waals surface area contributed by atoms with Crippen LogP contribution in [0.4, 0.5) is 0 Å². The van der Waals surface area contributed by atoms with Gasteiger partial charge in [0, 0.05) is 0 Å². The van der Waals surface area contributed by atoms with Crippen LogP contribution >= 0.6 is 0 Å². The van der Waals surface area contributed by atoms with Gasteiger partial charge in [0.2, 0.25) is 0 Å². The Morgan fingerprint density at radius 3 is 2.58 bits per heavy atom. The summed E-state index contributed by atoms with van der Waals surface area (Å²) in [6, 6.07) is 5.65. The van der Waals surface area contributed by atoms with Crippen molar-refractivity contribution in [1.29, 1.82) is 0 Å². The lowest BCUT2D eigenvalue weighted by atomic mass is 9.99. The molecule has 0 unspecified atom stereocenters. The van der Waals surface area contributed by atoms with E-state index >= 15 is 0 Å². The average molecular weight is 264 g/mol. The van der Waals surface area contributed by atoms with Gasteiger partial charge in [-0.05, 0) is 30.9 Å². The summed E-state index contributed by atoms with van der Waals surface area (Å²) < 4.78 is 10.9. The summed E-state index contributed by atoms with van der Waals surface area (Å²) in [5.74, 6) is 0.686. The maximum absolute atomic E-state index is 12.1. The lowest BCUT2D eigenvalue weighted by Crippen LogP contribution is -2.11. The summed E-state index contributed by atoms with van der Waals surface area (Å²) in [6.45, 7) is 9.17. The molecule has 0 bridgehead atoms. The molecule has 0 atom stereocenters. The standard InChI is InChI=1S/C16H24O3/c1-5-7-11-19-16(17)14-10-8-9-13(12(3)4)15(14)18-6-2/h8-10,12H,5-7,11H2,1-4H3. The molecule has 0 aromatic heterocycles. The third-order valence-electron chi connectivity index (χ3n) is 2.91. The van der Waals surface area contributed by atoms with Gasteiger partial charge >= 0.3 is 5.97 Å². The summed E-state index contributed by atoms with van der Waals surface area (Å²) in [5.41, 5.74) is 1.58. The smallest absolute Gasteiger partial charge is 0.341 e. The monoisotopic (exact) mass is 264 g/mol. The Bertz CT molecular complexity index is 410. The van der Waals surface area contributed by atoms with Gasteiger partial charge in [-0.1, -0.05) is 39.3 Å². The van der Waals surface area contributed by atoms with E-state index in [1.54, 1.807) is 6.07 Å². The van der Waals surface area contributed by atoms with Crippen LogP contribution in [0.15, 0.2) is 18.2 Å². The highest BCUT2D eigenvalue weighted by atomic mass is 16.5. The number of esters is 1. The molecule has 1 aromatic rings. The fourth-order valence-corrected chi connectivity index (χ4v) is 1.86. The molecule has 106 valence electrons. The lowest BCUT2D eigenvalue weighted by Gasteiger charge is -2.16. The Morgan fingerprint density at radius 2 is 2.00 bits per heavy atom. The molecule has 0 spiro atoms. The maximum atomic E-state index is 12.1. The van der Waals surface area contributed by atoms with E-state index in [-0.39, 0.29) is 5.97 Å². The van der Waals surface area contributed by atoms with Gasteiger partial charge in [-0.15, -0.1) is 0 Å². The van der Waals surface area contributed by atoms with Crippen LogP contribution in [0.25, 0.3) is 0 Å². The molecule has 0 fully saturated rings. The van der Waals surface area contributed by atoms with Crippen molar-refractivity contribution < 1.29 is 14.3 Å². The minimum absolute atomic E-state index is 0.292. The van der Waals surface area contributed by atoms with Crippen molar-refractivity contribution in [2.24, 2.45) is 0 Å². The van der Waals surface area contributed by atoms with Crippen molar-refractivity contribution >= 4 is 5.97 Å². The van der Waals surface area contributed by atoms with E-state index in [2.05, 4.69) is 20.8 Å². The van der Waals surface area contributed by atoms with Gasteiger partial charge in [-0.25, -0.2) is 4.79 Å². The zero-order valence-corrected chi connectivity index (χ0v) is 12.4. The van der Waals surface area contributed by atoms with Gasteiger partial charge in [0.05, 0.1) is 13.2 Å². The van der Waals surface area contributed by atoms with E-state index < -0.39 is 0 Å². The topological polar surface area (TPSA) is 35.5 Å². The zero-order valence-electron chi connectivity index (χ0n) is 12.4. The molecule has 0 aliphatic rings. The molecule has 0 radical (unpaired) electrons. The predicted octanol–water partition coefficient (Wildman–Crippen LogP) is 4.17. The first kappa shape index (κ1) is 15.5. The minimum Gasteiger partial charge on any atom is -0.493 e. The Kier molecular flexibility index (Phi) is 6.40. The maximum Gasteiger partial charge on any atom is 0.341 e. The second-order valence-electron chi connectivity index (χ2n) is 4.80. The molecule has 3 nitrogen and oxygen atoms in total. The molecular formula is C16H24O3. The van der Waals surface area contributed by atoms with Crippen LogP contribution in [0.1, 0.15) is 62.4 Å². The fourth-order valence-electron chi connectivity index (χ4n) is 1.86. The van der Waals surface area contributed by atoms with Crippen LogP contribution in [0.2, 0.25) is 0 Å². The highest BCUT2D eigenvalue weighted by molar-refractivity contribution is 5.93. The first-order valence-corrected chi connectivity index (χ1v) is 7.04. The third-order valence-corrected chi connectivity index (χ3v) is 2.91. The van der Waals surface area contributed by atoms with Crippen molar-refractivity contribution in [3.63, 3.8) is 0 Å². The van der Waals surface area contributed by atoms with Crippen molar-refractivity contribution in [1.82, 2.24) is 0 Å². The zero-order chi connectivity index (χ0) is 14.3. The molecule has 0 saturated carbocycles. The molecule has 0 aliphatic heterocycles. The van der Waals surface area contributed by atoms with Crippen LogP contribution in [0.5, 0.6) is 5.75 Å². The number of unbranched alkanes of at least 4 members (excludes halogenated alkanes) is 1. The van der Waals surface area contributed by atoms with Gasteiger partial charge in [-0.2, -0.15) is 0 Å². The van der Waals surface area contributed by atoms with Gasteiger partial charge < -0.3 is 9.47 Å². The molecule has 0 N–H and O–H groups in total. The van der Waals surface area contributed by atoms with Crippen LogP contribution in [-0.4, -0.2) is 19.2 Å². The van der Waals surface area contributed by atoms with Gasteiger partial charge in [0.15, 0.2) is 0 Å². The second-order valence-corrected chi connectivity index (χ2v) is 4.80. The molecule has 1 rings (SSSR count). The second kappa shape index (κ2) is 7.82. The van der Waals surface area contributed by atoms with E-state index in [0.717, 1.165) is 18.4 Å². The number of carbonyl (C=O) groups excluding carboxylic acids is 1. The van der Waals surface area contributed by atoms with Crippen molar-refractivity contribution in [2.75, 3.05) is 13.2 Å². The van der Waals surface area contributed by atoms with Crippen LogP contribution in [0.3, 0.4) is 0 Å². The number of para-hydroxylation sites is 1. The first-order valence-electron chi connectivity index (χ1n) is 7.04. The normalized spacial score (nSPS) is 10.6. The van der Waals surface area contributed by atoms with E-state index in [0.29, 0.717) is 30.4 Å². The number of hydrogen-bond donors (Lipinski definition) is 0. The van der Waals surface area contributed by atoms with Crippen molar-refractivity contribution in [3.8, 4) is 5.75 Å². The van der Waals surface area contributed by atoms with E-state index in [1.165, 1.54) is 0 Å². The van der Waals surface area contributed by atoms with E-state index in [9.17, 15) is 4.79 Å². The number of benzene rings is 1. The summed E-state index contributed by atoms with van der Waals surface area (Å²) in [6.07, 6.45) is 1.90. The molecule has 0 saturated heterocycles. The van der Waals surface area contributed by atoms with Gasteiger partial charge in [0.1, 0.15) is 11.3 Å². The molecule has 0 heterocycles. The Morgan fingerprint density at radius 1 is 1.26 bits per heavy atom. The predicted molar refractivity (Wildman–Crippen MR) is 76.9 cm³/mol. The van der Waals surface area contributed by atoms with Crippen LogP contribution < -0.4 is 4.74 Å². The third kappa shape index (κ3) is 4.27. The molecule has 0 amide bonds. The number of rotatable bonds is 7. The SMILES string of the molecule is CCCCOC(=O)c1cccc(C(C)C)c1OCC. The van der Waals surface area contributed by atoms with Crippen LogP contribution in [-0.2, 0) is 4.74 Å². The minimum atomic E-state index is -0.292. The summed E-state index contributed by atoms with van der Waals surface area (Å²) in [7, 11) is 0. The fraction of sp³-hybridized carbons (Fsp3) is 0.562. The highest BCUT2D eigenvalue weighted by Crippen LogP contribution is 2.30. The van der Waals surface area contributed by atoms with Gasteiger partial charge in [-0.3, -0.25) is 0 Å². The highest BCUT2D eigenvalue weighted by Gasteiger charge is 2.18. The molecule has 1 aromatic carbocycles. The quantitative estimate of drug-likeness (QED) is 0.548. The van der Waals surface area contributed by atoms with E-state index in [1.807, 2.05) is 19.1 Å². The molecule has 0 aliphatic carbocycles. The molecular weight excluding hydrogens is 240 g/mol. The summed E-state index contributed by atoms with van der Waals surface area (Å²) in [4.78, 5) is 12.1. The molecule has 3 heteroatoms. The number of carbonyl (C=O) groups is 1. The largest absolute Gasteiger partial charge is 0.493 e.